The van der Waals surface area contributed by atoms with E-state index >= 15 is 0 Å². The van der Waals surface area contributed by atoms with Gasteiger partial charge < -0.3 is 0 Å². The van der Waals surface area contributed by atoms with E-state index in [0.29, 0.717) is 6.42 Å². The van der Waals surface area contributed by atoms with Crippen LogP contribution in [0.5, 0.6) is 0 Å². The minimum atomic E-state index is 0.272. The zero-order valence-corrected chi connectivity index (χ0v) is 13.0. The first kappa shape index (κ1) is 18.1. The maximum absolute atomic E-state index is 11.5. The molecule has 110 valence electrons. The van der Waals surface area contributed by atoms with Crippen LogP contribution < -0.4 is 0 Å². The first-order valence-electron chi connectivity index (χ1n) is 8.17. The minimum Gasteiger partial charge on any atom is -0.295 e. The molecule has 0 N–H and O–H groups in total. The second-order valence-corrected chi connectivity index (χ2v) is 5.27. The second kappa shape index (κ2) is 15.2. The van der Waals surface area contributed by atoms with Gasteiger partial charge in [0.25, 0.3) is 0 Å². The van der Waals surface area contributed by atoms with Gasteiger partial charge in [-0.3, -0.25) is 4.79 Å². The zero-order valence-electron chi connectivity index (χ0n) is 13.0. The summed E-state index contributed by atoms with van der Waals surface area (Å²) in [6.45, 7) is 4.44. The molecule has 0 bridgehead atoms. The summed E-state index contributed by atoms with van der Waals surface area (Å²) in [7, 11) is 0. The summed E-state index contributed by atoms with van der Waals surface area (Å²) in [6, 6.07) is 0. The van der Waals surface area contributed by atoms with Crippen LogP contribution in [-0.2, 0) is 4.79 Å². The smallest absolute Gasteiger partial charge is 0.155 e. The Hall–Kier alpha value is -0.850. The Morgan fingerprint density at radius 1 is 0.789 bits per heavy atom. The molecule has 1 heteroatoms. The third kappa shape index (κ3) is 15.1. The molecule has 0 saturated heterocycles. The van der Waals surface area contributed by atoms with Crippen LogP contribution in [0.4, 0.5) is 0 Å². The summed E-state index contributed by atoms with van der Waals surface area (Å²) in [5, 5.41) is 0. The lowest BCUT2D eigenvalue weighted by Crippen LogP contribution is -1.91. The largest absolute Gasteiger partial charge is 0.295 e. The van der Waals surface area contributed by atoms with E-state index in [1.54, 1.807) is 6.08 Å². The highest BCUT2D eigenvalue weighted by Gasteiger charge is 1.96. The number of unbranched alkanes of at least 4 members (excludes halogenated alkanes) is 8. The van der Waals surface area contributed by atoms with Gasteiger partial charge in [-0.1, -0.05) is 77.0 Å². The SMILES string of the molecule is CCCCC/C=C\C=C\C(=O)CCCCCCCC. The van der Waals surface area contributed by atoms with Crippen molar-refractivity contribution in [2.75, 3.05) is 0 Å². The first-order valence-corrected chi connectivity index (χ1v) is 8.17. The molecule has 0 aliphatic rings. The minimum absolute atomic E-state index is 0.272. The first-order chi connectivity index (χ1) is 9.31. The van der Waals surface area contributed by atoms with E-state index in [1.807, 2.05) is 12.2 Å². The van der Waals surface area contributed by atoms with Crippen LogP contribution in [-0.4, -0.2) is 5.78 Å². The summed E-state index contributed by atoms with van der Waals surface area (Å²) < 4.78 is 0. The lowest BCUT2D eigenvalue weighted by molar-refractivity contribution is -0.114. The molecule has 0 radical (unpaired) electrons. The fourth-order valence-electron chi connectivity index (χ4n) is 2.01. The molecule has 0 unspecified atom stereocenters. The monoisotopic (exact) mass is 264 g/mol. The van der Waals surface area contributed by atoms with Gasteiger partial charge >= 0.3 is 0 Å². The topological polar surface area (TPSA) is 17.1 Å². The highest BCUT2D eigenvalue weighted by molar-refractivity contribution is 5.89. The number of hydrogen-bond donors (Lipinski definition) is 0. The van der Waals surface area contributed by atoms with Gasteiger partial charge in [0.1, 0.15) is 0 Å². The Morgan fingerprint density at radius 3 is 2.16 bits per heavy atom. The molecular weight excluding hydrogens is 232 g/mol. The van der Waals surface area contributed by atoms with Crippen molar-refractivity contribution in [3.8, 4) is 0 Å². The van der Waals surface area contributed by atoms with Crippen molar-refractivity contribution in [3.63, 3.8) is 0 Å². The number of allylic oxidation sites excluding steroid dienone is 4. The van der Waals surface area contributed by atoms with Gasteiger partial charge in [0.05, 0.1) is 0 Å². The summed E-state index contributed by atoms with van der Waals surface area (Å²) in [5.74, 6) is 0.272. The van der Waals surface area contributed by atoms with Crippen molar-refractivity contribution < 1.29 is 4.79 Å². The number of carbonyl (C=O) groups excluding carboxylic acids is 1. The molecule has 0 spiro atoms. The van der Waals surface area contributed by atoms with Crippen molar-refractivity contribution in [2.24, 2.45) is 0 Å². The lowest BCUT2D eigenvalue weighted by Gasteiger charge is -1.98. The Bertz CT molecular complexity index is 250. The molecule has 0 aliphatic heterocycles. The van der Waals surface area contributed by atoms with Gasteiger partial charge in [0.15, 0.2) is 5.78 Å². The van der Waals surface area contributed by atoms with E-state index in [-0.39, 0.29) is 5.78 Å². The average molecular weight is 264 g/mol. The van der Waals surface area contributed by atoms with Gasteiger partial charge in [-0.05, 0) is 25.3 Å². The van der Waals surface area contributed by atoms with Gasteiger partial charge in [-0.15, -0.1) is 0 Å². The fourth-order valence-corrected chi connectivity index (χ4v) is 2.01. The summed E-state index contributed by atoms with van der Waals surface area (Å²) in [5.41, 5.74) is 0. The average Bonchev–Trinajstić information content (AvgIpc) is 2.41. The van der Waals surface area contributed by atoms with Crippen LogP contribution in [0, 0.1) is 0 Å². The van der Waals surface area contributed by atoms with E-state index in [0.717, 1.165) is 12.8 Å². The van der Waals surface area contributed by atoms with Crippen LogP contribution in [0.1, 0.15) is 84.5 Å². The summed E-state index contributed by atoms with van der Waals surface area (Å²) in [6.07, 6.45) is 20.9. The summed E-state index contributed by atoms with van der Waals surface area (Å²) >= 11 is 0. The molecule has 0 aliphatic carbocycles. The van der Waals surface area contributed by atoms with Crippen molar-refractivity contribution in [1.29, 1.82) is 0 Å². The Morgan fingerprint density at radius 2 is 1.42 bits per heavy atom. The Kier molecular flexibility index (Phi) is 14.5. The molecule has 0 rings (SSSR count). The second-order valence-electron chi connectivity index (χ2n) is 5.27. The maximum atomic E-state index is 11.5. The molecule has 0 fully saturated rings. The normalized spacial score (nSPS) is 11.7. The lowest BCUT2D eigenvalue weighted by atomic mass is 10.1. The number of rotatable bonds is 13. The quantitative estimate of drug-likeness (QED) is 0.226. The Balaban J connectivity index is 3.41. The van der Waals surface area contributed by atoms with Crippen LogP contribution in [0.3, 0.4) is 0 Å². The highest BCUT2D eigenvalue weighted by atomic mass is 16.1. The molecule has 19 heavy (non-hydrogen) atoms. The van der Waals surface area contributed by atoms with E-state index in [1.165, 1.54) is 51.4 Å². The van der Waals surface area contributed by atoms with Crippen molar-refractivity contribution in [3.05, 3.63) is 24.3 Å². The zero-order chi connectivity index (χ0) is 14.2. The molecule has 0 aromatic rings. The van der Waals surface area contributed by atoms with Gasteiger partial charge in [0.2, 0.25) is 0 Å². The van der Waals surface area contributed by atoms with Crippen molar-refractivity contribution in [1.82, 2.24) is 0 Å². The van der Waals surface area contributed by atoms with Crippen LogP contribution >= 0.6 is 0 Å². The Labute approximate surface area is 120 Å². The van der Waals surface area contributed by atoms with Crippen LogP contribution in [0.25, 0.3) is 0 Å². The molecule has 0 heterocycles. The third-order valence-electron chi connectivity index (χ3n) is 3.28. The van der Waals surface area contributed by atoms with Crippen LogP contribution in [0.15, 0.2) is 24.3 Å². The molecule has 1 nitrogen and oxygen atoms in total. The molecule has 0 atom stereocenters. The van der Waals surface area contributed by atoms with Gasteiger partial charge in [-0.2, -0.15) is 0 Å². The number of hydrogen-bond acceptors (Lipinski definition) is 1. The molecular formula is C18H32O. The maximum Gasteiger partial charge on any atom is 0.155 e. The third-order valence-corrected chi connectivity index (χ3v) is 3.28. The number of carbonyl (C=O) groups is 1. The van der Waals surface area contributed by atoms with E-state index in [4.69, 9.17) is 0 Å². The number of ketones is 1. The predicted octanol–water partition coefficient (Wildman–Crippen LogP) is 6.00. The molecule has 0 saturated carbocycles. The van der Waals surface area contributed by atoms with E-state index in [2.05, 4.69) is 19.9 Å². The van der Waals surface area contributed by atoms with E-state index < -0.39 is 0 Å². The van der Waals surface area contributed by atoms with Crippen molar-refractivity contribution >= 4 is 5.78 Å². The standard InChI is InChI=1S/C18H32O/c1-3-5-7-9-11-13-15-17-18(19)16-14-12-10-8-6-4-2/h11,13,15,17H,3-10,12,14,16H2,1-2H3/b13-11-,17-15+. The molecule has 0 amide bonds. The van der Waals surface area contributed by atoms with Gasteiger partial charge in [0, 0.05) is 6.42 Å². The predicted molar refractivity (Wildman–Crippen MR) is 85.4 cm³/mol. The molecule has 0 aromatic carbocycles. The van der Waals surface area contributed by atoms with Crippen molar-refractivity contribution in [2.45, 2.75) is 84.5 Å². The molecule has 0 aromatic heterocycles. The van der Waals surface area contributed by atoms with Crippen LogP contribution in [0.2, 0.25) is 0 Å². The fraction of sp³-hybridized carbons (Fsp3) is 0.722. The van der Waals surface area contributed by atoms with E-state index in [9.17, 15) is 4.79 Å². The van der Waals surface area contributed by atoms with Gasteiger partial charge in [-0.25, -0.2) is 0 Å². The highest BCUT2D eigenvalue weighted by Crippen LogP contribution is 2.07. The summed E-state index contributed by atoms with van der Waals surface area (Å²) in [4.78, 5) is 11.5.